The third kappa shape index (κ3) is 1.28. The molecule has 0 heterocycles. The monoisotopic (exact) mass is 122 g/mol. The normalized spacial score (nSPS) is 19.4. The zero-order valence-electron chi connectivity index (χ0n) is 5.50. The van der Waals surface area contributed by atoms with E-state index in [2.05, 4.69) is 6.08 Å². The van der Waals surface area contributed by atoms with Crippen LogP contribution in [-0.2, 0) is 4.79 Å². The van der Waals surface area contributed by atoms with Crippen molar-refractivity contribution in [1.29, 1.82) is 0 Å². The number of hydrogen-bond acceptors (Lipinski definition) is 1. The van der Waals surface area contributed by atoms with Crippen LogP contribution in [0.15, 0.2) is 23.8 Å². The minimum atomic E-state index is 0.111. The molecule has 0 aliphatic heterocycles. The molecule has 1 nitrogen and oxygen atoms in total. The van der Waals surface area contributed by atoms with E-state index in [4.69, 9.17) is 0 Å². The molecule has 0 amide bonds. The van der Waals surface area contributed by atoms with E-state index < -0.39 is 0 Å². The van der Waals surface area contributed by atoms with Gasteiger partial charge >= 0.3 is 0 Å². The molecule has 1 aliphatic carbocycles. The Morgan fingerprint density at radius 3 is 3.00 bits per heavy atom. The first-order valence-corrected chi connectivity index (χ1v) is 3.15. The third-order valence-corrected chi connectivity index (χ3v) is 1.59. The van der Waals surface area contributed by atoms with Crippen LogP contribution in [0.25, 0.3) is 0 Å². The van der Waals surface area contributed by atoms with Crippen molar-refractivity contribution in [3.05, 3.63) is 23.8 Å². The Balaban J connectivity index is 2.54. The fourth-order valence-corrected chi connectivity index (χ4v) is 0.889. The highest BCUT2D eigenvalue weighted by molar-refractivity contribution is 5.59. The Hall–Kier alpha value is -0.850. The molecule has 1 heteroatoms. The molecule has 1 aliphatic rings. The van der Waals surface area contributed by atoms with Gasteiger partial charge in [0.1, 0.15) is 6.29 Å². The number of allylic oxidation sites excluding steroid dienone is 4. The minimum absolute atomic E-state index is 0.111. The van der Waals surface area contributed by atoms with E-state index in [0.717, 1.165) is 12.7 Å². The van der Waals surface area contributed by atoms with Crippen molar-refractivity contribution in [2.45, 2.75) is 13.3 Å². The first kappa shape index (κ1) is 6.27. The van der Waals surface area contributed by atoms with Gasteiger partial charge in [-0.25, -0.2) is 0 Å². The summed E-state index contributed by atoms with van der Waals surface area (Å²) in [7, 11) is 0. The van der Waals surface area contributed by atoms with Crippen molar-refractivity contribution < 1.29 is 4.79 Å². The standard InChI is InChI=1S/C8H10O/c1-7(6-9)8-4-2-3-5-8/h2-4,6-7H,5H2,1H3. The summed E-state index contributed by atoms with van der Waals surface area (Å²) in [6.07, 6.45) is 8.02. The van der Waals surface area contributed by atoms with Gasteiger partial charge in [0.2, 0.25) is 0 Å². The average molecular weight is 122 g/mol. The van der Waals surface area contributed by atoms with Crippen molar-refractivity contribution >= 4 is 6.29 Å². The molecule has 1 atom stereocenters. The molecule has 0 spiro atoms. The molecule has 48 valence electrons. The van der Waals surface area contributed by atoms with Crippen LogP contribution in [0.3, 0.4) is 0 Å². The van der Waals surface area contributed by atoms with Crippen LogP contribution >= 0.6 is 0 Å². The molecular formula is C8H10O. The van der Waals surface area contributed by atoms with E-state index in [9.17, 15) is 4.79 Å². The fourth-order valence-electron chi connectivity index (χ4n) is 0.889. The molecule has 0 radical (unpaired) electrons. The Morgan fingerprint density at radius 2 is 2.56 bits per heavy atom. The zero-order valence-corrected chi connectivity index (χ0v) is 5.50. The van der Waals surface area contributed by atoms with Crippen molar-refractivity contribution in [2.75, 3.05) is 0 Å². The highest BCUT2D eigenvalue weighted by Gasteiger charge is 2.06. The van der Waals surface area contributed by atoms with Crippen LogP contribution in [-0.4, -0.2) is 6.29 Å². The summed E-state index contributed by atoms with van der Waals surface area (Å²) >= 11 is 0. The van der Waals surface area contributed by atoms with E-state index >= 15 is 0 Å². The maximum Gasteiger partial charge on any atom is 0.126 e. The number of carbonyl (C=O) groups excluding carboxylic acids is 1. The molecule has 0 saturated carbocycles. The van der Waals surface area contributed by atoms with Crippen LogP contribution in [0, 0.1) is 5.92 Å². The fraction of sp³-hybridized carbons (Fsp3) is 0.375. The molecule has 1 unspecified atom stereocenters. The number of carbonyl (C=O) groups is 1. The van der Waals surface area contributed by atoms with Crippen LogP contribution in [0.2, 0.25) is 0 Å². The predicted octanol–water partition coefficient (Wildman–Crippen LogP) is 1.71. The van der Waals surface area contributed by atoms with Crippen LogP contribution in [0.4, 0.5) is 0 Å². The molecule has 0 saturated heterocycles. The SMILES string of the molecule is CC(C=O)C1=CC=CC1. The summed E-state index contributed by atoms with van der Waals surface area (Å²) in [4.78, 5) is 10.2. The van der Waals surface area contributed by atoms with E-state index in [1.807, 2.05) is 19.1 Å². The van der Waals surface area contributed by atoms with Crippen molar-refractivity contribution in [1.82, 2.24) is 0 Å². The number of rotatable bonds is 2. The lowest BCUT2D eigenvalue weighted by molar-refractivity contribution is -0.109. The molecule has 0 aromatic rings. The minimum Gasteiger partial charge on any atom is -0.303 e. The molecule has 9 heavy (non-hydrogen) atoms. The maximum atomic E-state index is 10.2. The molecule has 0 aromatic carbocycles. The highest BCUT2D eigenvalue weighted by Crippen LogP contribution is 2.17. The van der Waals surface area contributed by atoms with Gasteiger partial charge in [-0.3, -0.25) is 0 Å². The second-order valence-corrected chi connectivity index (χ2v) is 2.30. The van der Waals surface area contributed by atoms with Gasteiger partial charge in [0.05, 0.1) is 0 Å². The summed E-state index contributed by atoms with van der Waals surface area (Å²) in [5, 5.41) is 0. The molecule has 1 rings (SSSR count). The Bertz CT molecular complexity index is 165. The Morgan fingerprint density at radius 1 is 1.78 bits per heavy atom. The lowest BCUT2D eigenvalue weighted by atomic mass is 10.0. The van der Waals surface area contributed by atoms with Crippen molar-refractivity contribution in [3.63, 3.8) is 0 Å². The second-order valence-electron chi connectivity index (χ2n) is 2.30. The van der Waals surface area contributed by atoms with Crippen molar-refractivity contribution in [3.8, 4) is 0 Å². The van der Waals surface area contributed by atoms with Crippen molar-refractivity contribution in [2.24, 2.45) is 5.92 Å². The summed E-state index contributed by atoms with van der Waals surface area (Å²) < 4.78 is 0. The lowest BCUT2D eigenvalue weighted by Crippen LogP contribution is -1.97. The molecule has 0 aromatic heterocycles. The summed E-state index contributed by atoms with van der Waals surface area (Å²) in [6, 6.07) is 0. The van der Waals surface area contributed by atoms with Gasteiger partial charge in [0, 0.05) is 5.92 Å². The molecular weight excluding hydrogens is 112 g/mol. The summed E-state index contributed by atoms with van der Waals surface area (Å²) in [6.45, 7) is 1.92. The first-order valence-electron chi connectivity index (χ1n) is 3.15. The van der Waals surface area contributed by atoms with Crippen LogP contribution < -0.4 is 0 Å². The molecule has 0 N–H and O–H groups in total. The second kappa shape index (κ2) is 2.62. The van der Waals surface area contributed by atoms with Crippen LogP contribution in [0.5, 0.6) is 0 Å². The quantitative estimate of drug-likeness (QED) is 0.509. The summed E-state index contributed by atoms with van der Waals surface area (Å²) in [5.74, 6) is 0.111. The predicted molar refractivity (Wildman–Crippen MR) is 37.1 cm³/mol. The van der Waals surface area contributed by atoms with Gasteiger partial charge in [-0.1, -0.05) is 30.7 Å². The molecule has 0 bridgehead atoms. The average Bonchev–Trinajstić information content (AvgIpc) is 2.37. The van der Waals surface area contributed by atoms with E-state index in [1.165, 1.54) is 5.57 Å². The van der Waals surface area contributed by atoms with Gasteiger partial charge in [-0.15, -0.1) is 0 Å². The first-order chi connectivity index (χ1) is 4.34. The number of hydrogen-bond donors (Lipinski definition) is 0. The van der Waals surface area contributed by atoms with Gasteiger partial charge in [-0.05, 0) is 6.42 Å². The third-order valence-electron chi connectivity index (χ3n) is 1.59. The highest BCUT2D eigenvalue weighted by atomic mass is 16.1. The largest absolute Gasteiger partial charge is 0.303 e. The zero-order chi connectivity index (χ0) is 6.69. The van der Waals surface area contributed by atoms with Gasteiger partial charge in [0.15, 0.2) is 0 Å². The maximum absolute atomic E-state index is 10.2. The van der Waals surface area contributed by atoms with Gasteiger partial charge < -0.3 is 4.79 Å². The number of aldehydes is 1. The molecule has 0 fully saturated rings. The van der Waals surface area contributed by atoms with Gasteiger partial charge in [-0.2, -0.15) is 0 Å². The smallest absolute Gasteiger partial charge is 0.126 e. The Labute approximate surface area is 55.1 Å². The lowest BCUT2D eigenvalue weighted by Gasteiger charge is -2.01. The van der Waals surface area contributed by atoms with Gasteiger partial charge in [0.25, 0.3) is 0 Å². The Kier molecular flexibility index (Phi) is 1.83. The van der Waals surface area contributed by atoms with E-state index in [-0.39, 0.29) is 5.92 Å². The van der Waals surface area contributed by atoms with Crippen LogP contribution in [0.1, 0.15) is 13.3 Å². The van der Waals surface area contributed by atoms with E-state index in [1.54, 1.807) is 0 Å². The topological polar surface area (TPSA) is 17.1 Å². The van der Waals surface area contributed by atoms with E-state index in [0.29, 0.717) is 0 Å². The summed E-state index contributed by atoms with van der Waals surface area (Å²) in [5.41, 5.74) is 1.23.